The van der Waals surface area contributed by atoms with Gasteiger partial charge in [-0.15, -0.1) is 0 Å². The number of nitrogens with two attached hydrogens (primary N) is 1. The molecule has 33 nitrogen and oxygen atoms in total. The predicted molar refractivity (Wildman–Crippen MR) is 476 cm³/mol. The highest BCUT2D eigenvalue weighted by Gasteiger charge is 2.44. The number of ether oxygens (including phenoxy) is 7. The minimum Gasteiger partial charge on any atom is -0.445 e. The molecule has 0 radical (unpaired) electrons. The maximum atomic E-state index is 14.9. The fraction of sp³-hybridized carbons (Fsp3) is 0.591. The molecule has 0 bridgehead atoms. The van der Waals surface area contributed by atoms with Crippen molar-refractivity contribution >= 4 is 82.6 Å². The van der Waals surface area contributed by atoms with Gasteiger partial charge in [0.05, 0.1) is 114 Å². The van der Waals surface area contributed by atoms with Gasteiger partial charge in [0, 0.05) is 104 Å². The third kappa shape index (κ3) is 33.3. The normalized spacial score (nSPS) is 15.6. The number of para-hydroxylation sites is 1. The van der Waals surface area contributed by atoms with Gasteiger partial charge < -0.3 is 101 Å². The Morgan fingerprint density at radius 1 is 0.587 bits per heavy atom. The third-order valence-corrected chi connectivity index (χ3v) is 22.7. The van der Waals surface area contributed by atoms with Gasteiger partial charge in [-0.1, -0.05) is 153 Å². The number of aliphatic hydroxyl groups is 1. The molecule has 0 saturated carbocycles. The molecular weight excluding hydrogens is 1620 g/mol. The lowest BCUT2D eigenvalue weighted by Crippen LogP contribution is -2.60. The number of benzene rings is 4. The van der Waals surface area contributed by atoms with E-state index in [4.69, 9.17) is 38.9 Å². The number of hydrogen-bond acceptors (Lipinski definition) is 20. The lowest BCUT2D eigenvalue weighted by molar-refractivity contribution is -0.148. The van der Waals surface area contributed by atoms with Crippen molar-refractivity contribution < 1.29 is 95.8 Å². The molecule has 13 amide bonds. The van der Waals surface area contributed by atoms with Crippen LogP contribution in [0.1, 0.15) is 174 Å². The zero-order chi connectivity index (χ0) is 92.5. The second-order valence-electron chi connectivity index (χ2n) is 33.2. The summed E-state index contributed by atoms with van der Waals surface area (Å²) in [6, 6.07) is 23.8. The first-order valence-corrected chi connectivity index (χ1v) is 43.9. The number of anilines is 2. The number of likely N-dealkylation sites (N-methyl/N-ethyl adjacent to an activating group) is 3. The number of hydrogen-bond donors (Lipinski definition) is 9. The molecule has 12 atom stereocenters. The van der Waals surface area contributed by atoms with E-state index in [2.05, 4.69) is 49.1 Å². The average molecular weight is 1760 g/mol. The molecule has 1 saturated heterocycles. The fourth-order valence-corrected chi connectivity index (χ4v) is 15.3. The van der Waals surface area contributed by atoms with Crippen LogP contribution in [-0.2, 0) is 94.3 Å². The van der Waals surface area contributed by atoms with Crippen LogP contribution >= 0.6 is 0 Å². The number of likely N-dealkylation sites (tertiary alicyclic amines) is 1. The van der Waals surface area contributed by atoms with Crippen molar-refractivity contribution in [2.75, 3.05) is 125 Å². The average Bonchev–Trinajstić information content (AvgIpc) is 1.32. The Morgan fingerprint density at radius 2 is 1.21 bits per heavy atom. The number of nitrogens with one attached hydrogen (secondary N) is 7. The molecule has 2 aliphatic heterocycles. The molecule has 12 unspecified atom stereocenters. The molecule has 694 valence electrons. The fourth-order valence-electron chi connectivity index (χ4n) is 15.3. The molecule has 2 heterocycles. The van der Waals surface area contributed by atoms with E-state index < -0.39 is 126 Å². The number of methoxy groups -OCH3 is 2. The number of rotatable bonds is 54. The van der Waals surface area contributed by atoms with E-state index in [0.29, 0.717) is 82.1 Å². The van der Waals surface area contributed by atoms with E-state index >= 15 is 0 Å². The molecular formula is C93H137N13O20. The lowest BCUT2D eigenvalue weighted by atomic mass is 9.89. The summed E-state index contributed by atoms with van der Waals surface area (Å²) in [6.07, 6.45) is -0.795. The molecule has 126 heavy (non-hydrogen) atoms. The summed E-state index contributed by atoms with van der Waals surface area (Å²) in [5.74, 6) is 0.272. The second-order valence-corrected chi connectivity index (χ2v) is 33.2. The molecule has 2 aliphatic rings. The monoisotopic (exact) mass is 1760 g/mol. The van der Waals surface area contributed by atoms with Gasteiger partial charge in [-0.05, 0) is 110 Å². The Hall–Kier alpha value is -10.6. The van der Waals surface area contributed by atoms with Crippen LogP contribution in [0.3, 0.4) is 0 Å². The summed E-state index contributed by atoms with van der Waals surface area (Å²) in [5.41, 5.74) is 10.1. The van der Waals surface area contributed by atoms with Gasteiger partial charge in [0.15, 0.2) is 0 Å². The van der Waals surface area contributed by atoms with Crippen molar-refractivity contribution in [2.45, 2.75) is 214 Å². The molecule has 6 rings (SSSR count). The van der Waals surface area contributed by atoms with Crippen molar-refractivity contribution in [1.29, 1.82) is 0 Å². The number of primary amides is 1. The Labute approximate surface area is 742 Å². The van der Waals surface area contributed by atoms with Crippen molar-refractivity contribution in [3.05, 3.63) is 131 Å². The number of nitrogens with zero attached hydrogens (tertiary/aromatic N) is 5. The Balaban J connectivity index is 0.880. The topological polar surface area (TPSA) is 416 Å². The molecule has 33 heteroatoms. The van der Waals surface area contributed by atoms with Crippen LogP contribution in [0.4, 0.5) is 21.0 Å². The van der Waals surface area contributed by atoms with Gasteiger partial charge in [0.2, 0.25) is 59.1 Å². The number of carbonyl (C=O) groups excluding carboxylic acids is 12. The van der Waals surface area contributed by atoms with Gasteiger partial charge in [0.1, 0.15) is 30.8 Å². The number of urea groups is 1. The number of fused-ring (bicyclic) bond motifs is 2. The molecule has 4 aromatic carbocycles. The Morgan fingerprint density at radius 3 is 1.83 bits per heavy atom. The highest BCUT2D eigenvalue weighted by atomic mass is 16.6. The molecule has 0 spiro atoms. The Kier molecular flexibility index (Phi) is 45.0. The van der Waals surface area contributed by atoms with Crippen molar-refractivity contribution in [3.8, 4) is 11.8 Å². The van der Waals surface area contributed by atoms with E-state index in [1.54, 1.807) is 121 Å². The van der Waals surface area contributed by atoms with Gasteiger partial charge >= 0.3 is 12.1 Å². The van der Waals surface area contributed by atoms with E-state index in [1.807, 2.05) is 80.6 Å². The van der Waals surface area contributed by atoms with Crippen LogP contribution in [0.15, 0.2) is 103 Å². The third-order valence-electron chi connectivity index (χ3n) is 22.7. The van der Waals surface area contributed by atoms with Crippen LogP contribution in [0.2, 0.25) is 0 Å². The van der Waals surface area contributed by atoms with Crippen LogP contribution < -0.4 is 47.9 Å². The lowest BCUT2D eigenvalue weighted by Gasteiger charge is -2.41. The number of aliphatic hydroxyl groups excluding tert-OH is 1. The zero-order valence-corrected chi connectivity index (χ0v) is 76.2. The van der Waals surface area contributed by atoms with E-state index in [-0.39, 0.29) is 133 Å². The van der Waals surface area contributed by atoms with Crippen LogP contribution in [-0.4, -0.2) is 265 Å². The first-order valence-electron chi connectivity index (χ1n) is 43.9. The summed E-state index contributed by atoms with van der Waals surface area (Å²) < 4.78 is 40.2. The molecule has 4 aromatic rings. The predicted octanol–water partition coefficient (Wildman–Crippen LogP) is 7.13. The smallest absolute Gasteiger partial charge is 0.410 e. The van der Waals surface area contributed by atoms with Crippen LogP contribution in [0, 0.1) is 41.4 Å². The summed E-state index contributed by atoms with van der Waals surface area (Å²) in [5, 5.41) is 30.5. The first kappa shape index (κ1) is 104. The van der Waals surface area contributed by atoms with E-state index in [1.165, 1.54) is 31.1 Å². The number of carbonyl (C=O) groups is 12. The highest BCUT2D eigenvalue weighted by Crippen LogP contribution is 2.32. The highest BCUT2D eigenvalue weighted by molar-refractivity contribution is 5.99. The molecule has 0 aromatic heterocycles. The van der Waals surface area contributed by atoms with E-state index in [0.717, 1.165) is 22.4 Å². The van der Waals surface area contributed by atoms with Crippen molar-refractivity contribution in [1.82, 2.24) is 51.5 Å². The molecule has 10 N–H and O–H groups in total. The summed E-state index contributed by atoms with van der Waals surface area (Å²) in [6.45, 7) is 21.3. The van der Waals surface area contributed by atoms with Crippen LogP contribution in [0.25, 0.3) is 0 Å². The zero-order valence-electron chi connectivity index (χ0n) is 76.2. The second kappa shape index (κ2) is 54.4. The number of amides is 13. The standard InChI is InChI=1S/C93H137N13O20/c1-16-63(8)84(75(120-14)57-80(111)105-47-26-34-74(105)86(121-15)64(9)87(113)97-65(10)85(112)69-29-18-17-19-30-69)103(12)91(117)82(61(4)5)101-90(116)83(62(6)7)104(13)93(119)126-59-66-37-41-71(42-38-66)98-88(114)72(32-25-45-96-92(94)118)99-89(115)81(60(2)3)100-77(108)35-24-36-78(109)102(11)48-50-123-52-54-125-56-55-124-53-51-122-49-44-76(107)95-46-43-79(110)106-58-70-31-21-20-27-67(70)39-40-68-28-22-23-33-73(68)106/h17-23,27-31,33,37-38,41-42,60-65,72,74-75,81-86,112H,16,24-26,32,34-36,43-59H2,1-15H3,(H,95,107)(H,97,113)(H,98,114)(H,99,115)(H,100,108)(H,101,116)(H3,94,96,118). The Bertz CT molecular complexity index is 4220. The van der Waals surface area contributed by atoms with Crippen LogP contribution in [0.5, 0.6) is 0 Å². The molecule has 1 fully saturated rings. The summed E-state index contributed by atoms with van der Waals surface area (Å²) in [4.78, 5) is 171. The van der Waals surface area contributed by atoms with Gasteiger partial charge in [-0.25, -0.2) is 9.59 Å². The minimum atomic E-state index is -1.16. The van der Waals surface area contributed by atoms with Gasteiger partial charge in [0.25, 0.3) is 0 Å². The SMILES string of the molecule is CCC(C)C(C(CC(=O)N1CCCC1C(OC)C(C)C(=O)NC(C)C(O)c1ccccc1)OC)N(C)C(=O)C(NC(=O)C(C(C)C)N(C)C(=O)OCc1ccc(NC(=O)C(CCCNC(N)=O)NC(=O)C(NC(=O)CCCC(=O)N(C)CCOCCOCCOCCOCCC(=O)NCCC(=O)N2Cc3ccccc3C#Cc3ccccc32)C(C)C)cc1)C(C)C. The van der Waals surface area contributed by atoms with Crippen molar-refractivity contribution in [2.24, 2.45) is 35.3 Å². The first-order chi connectivity index (χ1) is 60.2. The summed E-state index contributed by atoms with van der Waals surface area (Å²) in [7, 11) is 7.70. The van der Waals surface area contributed by atoms with Gasteiger partial charge in [-0.3, -0.25) is 52.8 Å². The van der Waals surface area contributed by atoms with Gasteiger partial charge in [-0.2, -0.15) is 0 Å². The largest absolute Gasteiger partial charge is 0.445 e. The van der Waals surface area contributed by atoms with E-state index in [9.17, 15) is 62.6 Å². The maximum Gasteiger partial charge on any atom is 0.410 e. The quantitative estimate of drug-likeness (QED) is 0.0157. The van der Waals surface area contributed by atoms with Crippen molar-refractivity contribution in [3.63, 3.8) is 0 Å². The summed E-state index contributed by atoms with van der Waals surface area (Å²) >= 11 is 0. The minimum absolute atomic E-state index is 0.0509. The molecule has 0 aliphatic carbocycles. The maximum absolute atomic E-state index is 14.9.